The lowest BCUT2D eigenvalue weighted by molar-refractivity contribution is -0.147. The Kier molecular flexibility index (Phi) is 4.84. The van der Waals surface area contributed by atoms with Crippen LogP contribution in [-0.2, 0) is 9.53 Å². The van der Waals surface area contributed by atoms with Gasteiger partial charge in [0.1, 0.15) is 5.82 Å². The second kappa shape index (κ2) is 7.28. The third-order valence-corrected chi connectivity index (χ3v) is 6.17. The molecule has 142 valence electrons. The molecule has 3 aromatic rings. The van der Waals surface area contributed by atoms with Crippen LogP contribution in [0.2, 0.25) is 0 Å². The van der Waals surface area contributed by atoms with Crippen LogP contribution in [-0.4, -0.2) is 50.8 Å². The van der Waals surface area contributed by atoms with Crippen molar-refractivity contribution in [3.63, 3.8) is 0 Å². The second-order valence-electron chi connectivity index (χ2n) is 6.79. The molecule has 1 atom stereocenters. The topological polar surface area (TPSA) is 80.0 Å². The van der Waals surface area contributed by atoms with Crippen molar-refractivity contribution in [3.8, 4) is 5.88 Å². The number of methoxy groups -OCH3 is 1. The Morgan fingerprint density at radius 3 is 2.63 bits per heavy atom. The van der Waals surface area contributed by atoms with Crippen LogP contribution in [0.15, 0.2) is 30.3 Å². The van der Waals surface area contributed by atoms with Crippen molar-refractivity contribution >= 4 is 22.3 Å². The number of hydrogen-bond acceptors (Lipinski definition) is 7. The van der Waals surface area contributed by atoms with Crippen LogP contribution >= 0.6 is 11.3 Å². The van der Waals surface area contributed by atoms with E-state index in [9.17, 15) is 9.90 Å². The van der Waals surface area contributed by atoms with Crippen LogP contribution in [0, 0.1) is 12.8 Å². The van der Waals surface area contributed by atoms with Gasteiger partial charge < -0.3 is 9.84 Å². The van der Waals surface area contributed by atoms with Gasteiger partial charge in [0.25, 0.3) is 0 Å². The number of carbonyl (C=O) groups excluding carboxylic acids is 1. The number of nitrogens with zero attached hydrogens (tertiary/aromatic N) is 4. The fourth-order valence-corrected chi connectivity index (χ4v) is 4.91. The zero-order valence-electron chi connectivity index (χ0n) is 15.3. The van der Waals surface area contributed by atoms with Gasteiger partial charge >= 0.3 is 5.97 Å². The van der Waals surface area contributed by atoms with Crippen LogP contribution in [0.5, 0.6) is 5.88 Å². The number of benzene rings is 1. The van der Waals surface area contributed by atoms with Gasteiger partial charge in [0.05, 0.1) is 23.9 Å². The summed E-state index contributed by atoms with van der Waals surface area (Å²) in [6, 6.07) is 10.0. The Balaban J connectivity index is 1.69. The Morgan fingerprint density at radius 1 is 1.30 bits per heavy atom. The summed E-state index contributed by atoms with van der Waals surface area (Å²) in [5.74, 6) is 0.585. The van der Waals surface area contributed by atoms with Gasteiger partial charge in [-0.15, -0.1) is 5.10 Å². The van der Waals surface area contributed by atoms with E-state index in [0.29, 0.717) is 10.8 Å². The summed E-state index contributed by atoms with van der Waals surface area (Å²) in [7, 11) is 1.44. The van der Waals surface area contributed by atoms with Gasteiger partial charge in [0, 0.05) is 0 Å². The predicted octanol–water partition coefficient (Wildman–Crippen LogP) is 2.78. The monoisotopic (exact) mass is 386 g/mol. The minimum absolute atomic E-state index is 0.0544. The van der Waals surface area contributed by atoms with Crippen molar-refractivity contribution in [2.45, 2.75) is 25.8 Å². The molecule has 7 nitrogen and oxygen atoms in total. The molecule has 1 aromatic carbocycles. The van der Waals surface area contributed by atoms with Crippen molar-refractivity contribution in [3.05, 3.63) is 46.6 Å². The van der Waals surface area contributed by atoms with Crippen LogP contribution in [0.4, 0.5) is 0 Å². The van der Waals surface area contributed by atoms with Gasteiger partial charge in [-0.05, 0) is 38.4 Å². The van der Waals surface area contributed by atoms with Crippen molar-refractivity contribution in [1.82, 2.24) is 19.5 Å². The molecule has 4 rings (SSSR count). The lowest BCUT2D eigenvalue weighted by atomic mass is 9.94. The highest BCUT2D eigenvalue weighted by Crippen LogP contribution is 2.41. The summed E-state index contributed by atoms with van der Waals surface area (Å²) in [5.41, 5.74) is 1.10. The molecule has 1 aliphatic heterocycles. The molecule has 0 bridgehead atoms. The van der Waals surface area contributed by atoms with E-state index in [1.54, 1.807) is 0 Å². The summed E-state index contributed by atoms with van der Waals surface area (Å²) < 4.78 is 6.41. The van der Waals surface area contributed by atoms with Crippen LogP contribution in [0.1, 0.15) is 35.1 Å². The lowest BCUT2D eigenvalue weighted by Crippen LogP contribution is -2.39. The standard InChI is InChI=1S/C19H22N4O3S/c1-12-20-19-23(21-12)17(24)16(27-19)15(13-6-4-3-5-7-13)22-10-8-14(9-11-22)18(25)26-2/h3-7,14-15,24H,8-11H2,1-2H3. The first-order valence-corrected chi connectivity index (χ1v) is 9.82. The highest BCUT2D eigenvalue weighted by atomic mass is 32.1. The van der Waals surface area contributed by atoms with E-state index in [4.69, 9.17) is 4.74 Å². The van der Waals surface area contributed by atoms with Crippen molar-refractivity contribution in [2.75, 3.05) is 20.2 Å². The van der Waals surface area contributed by atoms with Crippen molar-refractivity contribution in [1.29, 1.82) is 0 Å². The van der Waals surface area contributed by atoms with E-state index in [-0.39, 0.29) is 23.8 Å². The lowest BCUT2D eigenvalue weighted by Gasteiger charge is -2.36. The zero-order chi connectivity index (χ0) is 19.0. The molecule has 0 saturated carbocycles. The van der Waals surface area contributed by atoms with Gasteiger partial charge in [-0.3, -0.25) is 9.69 Å². The number of hydrogen-bond donors (Lipinski definition) is 1. The van der Waals surface area contributed by atoms with Gasteiger partial charge in [-0.2, -0.15) is 4.52 Å². The van der Waals surface area contributed by atoms with E-state index in [0.717, 1.165) is 36.4 Å². The molecule has 1 aliphatic rings. The average molecular weight is 386 g/mol. The number of thiazole rings is 1. The maximum Gasteiger partial charge on any atom is 0.308 e. The molecular formula is C19H22N4O3S. The van der Waals surface area contributed by atoms with Gasteiger partial charge in [-0.25, -0.2) is 4.98 Å². The number of ether oxygens (including phenoxy) is 1. The minimum atomic E-state index is -0.136. The second-order valence-corrected chi connectivity index (χ2v) is 7.80. The number of rotatable bonds is 4. The number of fused-ring (bicyclic) bond motifs is 1. The number of likely N-dealkylation sites (tertiary alicyclic amines) is 1. The average Bonchev–Trinajstić information content (AvgIpc) is 3.20. The first-order chi connectivity index (χ1) is 13.1. The fraction of sp³-hybridized carbons (Fsp3) is 0.421. The van der Waals surface area contributed by atoms with E-state index < -0.39 is 0 Å². The first kappa shape index (κ1) is 17.9. The molecule has 0 amide bonds. The van der Waals surface area contributed by atoms with E-state index >= 15 is 0 Å². The molecule has 0 radical (unpaired) electrons. The number of piperidine rings is 1. The zero-order valence-corrected chi connectivity index (χ0v) is 16.1. The Labute approximate surface area is 161 Å². The van der Waals surface area contributed by atoms with Gasteiger partial charge in [-0.1, -0.05) is 41.7 Å². The maximum atomic E-state index is 11.9. The number of aromatic nitrogens is 3. The van der Waals surface area contributed by atoms with E-state index in [1.165, 1.54) is 23.0 Å². The Bertz CT molecular complexity index is 945. The highest BCUT2D eigenvalue weighted by molar-refractivity contribution is 7.17. The molecule has 2 aromatic heterocycles. The molecule has 0 aliphatic carbocycles. The normalized spacial score (nSPS) is 17.3. The van der Waals surface area contributed by atoms with Gasteiger partial charge in [0.15, 0.2) is 0 Å². The molecule has 1 N–H and O–H groups in total. The molecule has 8 heteroatoms. The largest absolute Gasteiger partial charge is 0.492 e. The number of esters is 1. The van der Waals surface area contributed by atoms with Gasteiger partial charge in [0.2, 0.25) is 10.8 Å². The first-order valence-electron chi connectivity index (χ1n) is 9.00. The number of aryl methyl sites for hydroxylation is 1. The smallest absolute Gasteiger partial charge is 0.308 e. The maximum absolute atomic E-state index is 11.9. The fourth-order valence-electron chi connectivity index (χ4n) is 3.75. The van der Waals surface area contributed by atoms with Crippen molar-refractivity contribution in [2.24, 2.45) is 5.92 Å². The van der Waals surface area contributed by atoms with Crippen LogP contribution < -0.4 is 0 Å². The molecule has 3 heterocycles. The predicted molar refractivity (Wildman–Crippen MR) is 102 cm³/mol. The molecule has 1 unspecified atom stereocenters. The summed E-state index contributed by atoms with van der Waals surface area (Å²) in [4.78, 5) is 20.1. The van der Waals surface area contributed by atoms with E-state index in [2.05, 4.69) is 27.1 Å². The summed E-state index contributed by atoms with van der Waals surface area (Å²) in [5, 5.41) is 15.1. The van der Waals surface area contributed by atoms with Crippen LogP contribution in [0.25, 0.3) is 4.96 Å². The minimum Gasteiger partial charge on any atom is -0.492 e. The molecule has 1 fully saturated rings. The molecule has 27 heavy (non-hydrogen) atoms. The van der Waals surface area contributed by atoms with E-state index in [1.807, 2.05) is 25.1 Å². The third-order valence-electron chi connectivity index (χ3n) is 5.10. The SMILES string of the molecule is COC(=O)C1CCN(C(c2ccccc2)c2sc3nc(C)nn3c2O)CC1. The summed E-state index contributed by atoms with van der Waals surface area (Å²) in [6.07, 6.45) is 1.49. The number of aromatic hydroxyl groups is 1. The Hall–Kier alpha value is -2.45. The third kappa shape index (κ3) is 3.30. The summed E-state index contributed by atoms with van der Waals surface area (Å²) in [6.45, 7) is 3.32. The molecular weight excluding hydrogens is 364 g/mol. The quantitative estimate of drug-likeness (QED) is 0.695. The molecule has 0 spiro atoms. The van der Waals surface area contributed by atoms with Crippen molar-refractivity contribution < 1.29 is 14.6 Å². The summed E-state index contributed by atoms with van der Waals surface area (Å²) >= 11 is 1.46. The highest BCUT2D eigenvalue weighted by Gasteiger charge is 2.34. The molecule has 1 saturated heterocycles. The van der Waals surface area contributed by atoms with Crippen LogP contribution in [0.3, 0.4) is 0 Å². The Morgan fingerprint density at radius 2 is 2.00 bits per heavy atom. The number of carbonyl (C=O) groups is 1.